The second-order valence-corrected chi connectivity index (χ2v) is 6.06. The predicted octanol–water partition coefficient (Wildman–Crippen LogP) is 4.69. The van der Waals surface area contributed by atoms with E-state index in [-0.39, 0.29) is 5.41 Å². The summed E-state index contributed by atoms with van der Waals surface area (Å²) in [5.41, 5.74) is 3.27. The van der Waals surface area contributed by atoms with E-state index < -0.39 is 0 Å². The van der Waals surface area contributed by atoms with Crippen molar-refractivity contribution in [3.8, 4) is 0 Å². The number of fused-ring (bicyclic) bond motifs is 1. The molecule has 0 saturated heterocycles. The molecule has 18 heavy (non-hydrogen) atoms. The quantitative estimate of drug-likeness (QED) is 0.592. The number of benzene rings is 1. The normalized spacial score (nSPS) is 12.2. The molecule has 0 aliphatic carbocycles. The predicted molar refractivity (Wildman–Crippen MR) is 76.4 cm³/mol. The standard InChI is InChI=1S/C15H20ClNO/c1-15(2,3)11-7-8-13-12(10-11)17-14(18-13)6-4-5-9-16/h7-8,10H,4-6,9H2,1-3H3. The number of unbranched alkanes of at least 4 members (excludes halogenated alkanes) is 1. The van der Waals surface area contributed by atoms with Crippen molar-refractivity contribution in [2.24, 2.45) is 0 Å². The number of nitrogens with zero attached hydrogens (tertiary/aromatic N) is 1. The van der Waals surface area contributed by atoms with Gasteiger partial charge in [0.2, 0.25) is 0 Å². The molecule has 0 spiro atoms. The van der Waals surface area contributed by atoms with Crippen LogP contribution in [-0.2, 0) is 11.8 Å². The fraction of sp³-hybridized carbons (Fsp3) is 0.533. The average molecular weight is 266 g/mol. The Kier molecular flexibility index (Phi) is 3.96. The average Bonchev–Trinajstić information content (AvgIpc) is 2.69. The highest BCUT2D eigenvalue weighted by Gasteiger charge is 2.15. The third-order valence-corrected chi connectivity index (χ3v) is 3.34. The molecule has 0 bridgehead atoms. The van der Waals surface area contributed by atoms with Gasteiger partial charge in [-0.2, -0.15) is 0 Å². The van der Waals surface area contributed by atoms with Gasteiger partial charge in [0.25, 0.3) is 0 Å². The van der Waals surface area contributed by atoms with E-state index in [2.05, 4.69) is 37.9 Å². The van der Waals surface area contributed by atoms with E-state index in [1.807, 2.05) is 6.07 Å². The van der Waals surface area contributed by atoms with Gasteiger partial charge >= 0.3 is 0 Å². The van der Waals surface area contributed by atoms with Crippen LogP contribution in [0, 0.1) is 0 Å². The Morgan fingerprint density at radius 2 is 2.00 bits per heavy atom. The molecule has 0 saturated carbocycles. The maximum Gasteiger partial charge on any atom is 0.195 e. The van der Waals surface area contributed by atoms with Crippen molar-refractivity contribution in [3.05, 3.63) is 29.7 Å². The summed E-state index contributed by atoms with van der Waals surface area (Å²) in [4.78, 5) is 4.55. The number of hydrogen-bond donors (Lipinski definition) is 0. The van der Waals surface area contributed by atoms with Gasteiger partial charge in [0.15, 0.2) is 11.5 Å². The Morgan fingerprint density at radius 3 is 2.67 bits per heavy atom. The zero-order chi connectivity index (χ0) is 13.2. The van der Waals surface area contributed by atoms with Gasteiger partial charge in [-0.25, -0.2) is 4.98 Å². The van der Waals surface area contributed by atoms with Gasteiger partial charge in [0.05, 0.1) is 0 Å². The van der Waals surface area contributed by atoms with E-state index >= 15 is 0 Å². The van der Waals surface area contributed by atoms with Gasteiger partial charge < -0.3 is 4.42 Å². The van der Waals surface area contributed by atoms with Gasteiger partial charge in [-0.3, -0.25) is 0 Å². The fourth-order valence-electron chi connectivity index (χ4n) is 1.92. The number of halogens is 1. The minimum absolute atomic E-state index is 0.145. The molecule has 0 atom stereocenters. The Balaban J connectivity index is 2.23. The summed E-state index contributed by atoms with van der Waals surface area (Å²) in [6.45, 7) is 6.61. The van der Waals surface area contributed by atoms with Gasteiger partial charge in [0, 0.05) is 12.3 Å². The van der Waals surface area contributed by atoms with Crippen LogP contribution in [0.5, 0.6) is 0 Å². The van der Waals surface area contributed by atoms with Crippen LogP contribution in [0.2, 0.25) is 0 Å². The van der Waals surface area contributed by atoms with Crippen LogP contribution in [0.25, 0.3) is 11.1 Å². The molecule has 0 unspecified atom stereocenters. The number of aromatic nitrogens is 1. The van der Waals surface area contributed by atoms with Gasteiger partial charge in [0.1, 0.15) is 5.52 Å². The van der Waals surface area contributed by atoms with E-state index in [1.165, 1.54) is 5.56 Å². The lowest BCUT2D eigenvalue weighted by atomic mass is 9.87. The highest BCUT2D eigenvalue weighted by atomic mass is 35.5. The highest BCUT2D eigenvalue weighted by molar-refractivity contribution is 6.17. The molecule has 0 amide bonds. The molecule has 1 aromatic carbocycles. The van der Waals surface area contributed by atoms with Crippen LogP contribution >= 0.6 is 11.6 Å². The number of hydrogen-bond acceptors (Lipinski definition) is 2. The highest BCUT2D eigenvalue weighted by Crippen LogP contribution is 2.26. The molecule has 3 heteroatoms. The molecule has 2 aromatic rings. The second kappa shape index (κ2) is 5.31. The van der Waals surface area contributed by atoms with Crippen molar-refractivity contribution in [1.29, 1.82) is 0 Å². The second-order valence-electron chi connectivity index (χ2n) is 5.69. The van der Waals surface area contributed by atoms with Crippen LogP contribution in [-0.4, -0.2) is 10.9 Å². The minimum atomic E-state index is 0.145. The van der Waals surface area contributed by atoms with E-state index in [1.54, 1.807) is 0 Å². The van der Waals surface area contributed by atoms with Crippen LogP contribution in [0.1, 0.15) is 45.1 Å². The maximum atomic E-state index is 5.73. The van der Waals surface area contributed by atoms with Crippen molar-refractivity contribution in [2.75, 3.05) is 5.88 Å². The Bertz CT molecular complexity index is 525. The lowest BCUT2D eigenvalue weighted by Gasteiger charge is -2.18. The molecule has 0 radical (unpaired) electrons. The molecule has 2 rings (SSSR count). The molecule has 1 heterocycles. The largest absolute Gasteiger partial charge is 0.441 e. The summed E-state index contributed by atoms with van der Waals surface area (Å²) in [6.07, 6.45) is 2.90. The Labute approximate surface area is 113 Å². The molecule has 0 N–H and O–H groups in total. The van der Waals surface area contributed by atoms with Crippen LogP contribution in [0.4, 0.5) is 0 Å². The zero-order valence-corrected chi connectivity index (χ0v) is 12.0. The first-order chi connectivity index (χ1) is 8.50. The monoisotopic (exact) mass is 265 g/mol. The Morgan fingerprint density at radius 1 is 1.22 bits per heavy atom. The maximum absolute atomic E-state index is 5.73. The van der Waals surface area contributed by atoms with E-state index in [0.29, 0.717) is 5.88 Å². The summed E-state index contributed by atoms with van der Waals surface area (Å²) in [5.74, 6) is 1.52. The first-order valence-electron chi connectivity index (χ1n) is 6.46. The topological polar surface area (TPSA) is 26.0 Å². The number of aryl methyl sites for hydroxylation is 1. The Hall–Kier alpha value is -1.02. The summed E-state index contributed by atoms with van der Waals surface area (Å²) in [5, 5.41) is 0. The number of alkyl halides is 1. The van der Waals surface area contributed by atoms with Crippen LogP contribution < -0.4 is 0 Å². The lowest BCUT2D eigenvalue weighted by Crippen LogP contribution is -2.10. The summed E-state index contributed by atoms with van der Waals surface area (Å²) in [7, 11) is 0. The van der Waals surface area contributed by atoms with Crippen LogP contribution in [0.3, 0.4) is 0 Å². The number of rotatable bonds is 4. The van der Waals surface area contributed by atoms with E-state index in [9.17, 15) is 0 Å². The fourth-order valence-corrected chi connectivity index (χ4v) is 2.11. The van der Waals surface area contributed by atoms with Crippen molar-refractivity contribution in [1.82, 2.24) is 4.98 Å². The van der Waals surface area contributed by atoms with E-state index in [0.717, 1.165) is 36.3 Å². The SMILES string of the molecule is CC(C)(C)c1ccc2oc(CCCCCl)nc2c1. The molecule has 0 aliphatic rings. The summed E-state index contributed by atoms with van der Waals surface area (Å²) in [6, 6.07) is 6.27. The summed E-state index contributed by atoms with van der Waals surface area (Å²) >= 11 is 5.67. The van der Waals surface area contributed by atoms with Gasteiger partial charge in [-0.15, -0.1) is 11.6 Å². The van der Waals surface area contributed by atoms with Crippen molar-refractivity contribution >= 4 is 22.7 Å². The third kappa shape index (κ3) is 3.05. The molecule has 98 valence electrons. The molecule has 1 aromatic heterocycles. The molecule has 0 aliphatic heterocycles. The minimum Gasteiger partial charge on any atom is -0.441 e. The third-order valence-electron chi connectivity index (χ3n) is 3.07. The zero-order valence-electron chi connectivity index (χ0n) is 11.3. The van der Waals surface area contributed by atoms with Gasteiger partial charge in [-0.1, -0.05) is 26.8 Å². The molecule has 0 fully saturated rings. The molecule has 2 nitrogen and oxygen atoms in total. The number of oxazole rings is 1. The van der Waals surface area contributed by atoms with Crippen molar-refractivity contribution in [2.45, 2.75) is 45.4 Å². The first-order valence-corrected chi connectivity index (χ1v) is 7.00. The first kappa shape index (κ1) is 13.4. The van der Waals surface area contributed by atoms with E-state index in [4.69, 9.17) is 16.0 Å². The van der Waals surface area contributed by atoms with Crippen LogP contribution in [0.15, 0.2) is 22.6 Å². The van der Waals surface area contributed by atoms with Crippen molar-refractivity contribution < 1.29 is 4.42 Å². The van der Waals surface area contributed by atoms with Gasteiger partial charge in [-0.05, 0) is 36.0 Å². The van der Waals surface area contributed by atoms with Crippen molar-refractivity contribution in [3.63, 3.8) is 0 Å². The smallest absolute Gasteiger partial charge is 0.195 e. The molecular formula is C15H20ClNO. The summed E-state index contributed by atoms with van der Waals surface area (Å²) < 4.78 is 5.73. The lowest BCUT2D eigenvalue weighted by molar-refractivity contribution is 0.518. The molecular weight excluding hydrogens is 246 g/mol.